The molecule has 2 N–H and O–H groups in total. The van der Waals surface area contributed by atoms with Crippen LogP contribution in [0.1, 0.15) is 0 Å². The zero-order valence-corrected chi connectivity index (χ0v) is 17.4. The highest BCUT2D eigenvalue weighted by atomic mass is 16.5. The topological polar surface area (TPSA) is 120 Å². The Kier molecular flexibility index (Phi) is 6.42. The minimum absolute atomic E-state index is 0.227. The molecular formula is C18H25N5O6. The first-order valence-corrected chi connectivity index (χ1v) is 8.48. The third kappa shape index (κ3) is 4.13. The van der Waals surface area contributed by atoms with Crippen molar-refractivity contribution in [3.05, 3.63) is 33.0 Å². The normalized spacial score (nSPS) is 11.2. The zero-order chi connectivity index (χ0) is 21.9. The summed E-state index contributed by atoms with van der Waals surface area (Å²) in [7, 11) is 10.5. The number of aliphatic imine (C=N–C) groups is 1. The molecule has 2 rings (SSSR count). The van der Waals surface area contributed by atoms with Gasteiger partial charge in [0.15, 0.2) is 17.2 Å². The molecule has 0 saturated heterocycles. The molecule has 2 aromatic rings. The largest absolute Gasteiger partial charge is 0.493 e. The Bertz CT molecular complexity index is 1030. The number of methoxy groups -OCH3 is 3. The van der Waals surface area contributed by atoms with Gasteiger partial charge in [-0.2, -0.15) is 0 Å². The van der Waals surface area contributed by atoms with Gasteiger partial charge in [-0.1, -0.05) is 0 Å². The molecule has 0 unspecified atom stereocenters. The summed E-state index contributed by atoms with van der Waals surface area (Å²) >= 11 is 0. The zero-order valence-electron chi connectivity index (χ0n) is 17.4. The number of rotatable bonds is 5. The molecule has 0 aliphatic heterocycles. The van der Waals surface area contributed by atoms with E-state index in [9.17, 15) is 14.7 Å². The monoisotopic (exact) mass is 407 g/mol. The van der Waals surface area contributed by atoms with Crippen LogP contribution in [0.25, 0.3) is 0 Å². The molecule has 0 bridgehead atoms. The molecule has 0 aliphatic carbocycles. The molecule has 11 heteroatoms. The first-order chi connectivity index (χ1) is 13.7. The van der Waals surface area contributed by atoms with Crippen molar-refractivity contribution in [3.8, 4) is 23.1 Å². The molecule has 0 atom stereocenters. The van der Waals surface area contributed by atoms with Gasteiger partial charge < -0.3 is 29.5 Å². The summed E-state index contributed by atoms with van der Waals surface area (Å²) in [5.74, 6) is 0.963. The molecule has 11 nitrogen and oxygen atoms in total. The van der Waals surface area contributed by atoms with Crippen LogP contribution >= 0.6 is 0 Å². The van der Waals surface area contributed by atoms with E-state index in [1.165, 1.54) is 35.4 Å². The van der Waals surface area contributed by atoms with E-state index in [1.54, 1.807) is 31.1 Å². The minimum Gasteiger partial charge on any atom is -0.493 e. The number of hydrogen-bond acceptors (Lipinski definition) is 7. The molecule has 29 heavy (non-hydrogen) atoms. The number of aromatic nitrogens is 2. The molecule has 1 aromatic heterocycles. The van der Waals surface area contributed by atoms with E-state index in [2.05, 4.69) is 10.3 Å². The molecule has 1 aromatic carbocycles. The fourth-order valence-electron chi connectivity index (χ4n) is 2.54. The fourth-order valence-corrected chi connectivity index (χ4v) is 2.54. The van der Waals surface area contributed by atoms with Crippen molar-refractivity contribution < 1.29 is 19.3 Å². The van der Waals surface area contributed by atoms with E-state index in [1.807, 2.05) is 0 Å². The van der Waals surface area contributed by atoms with Gasteiger partial charge in [0, 0.05) is 46.0 Å². The van der Waals surface area contributed by atoms with Crippen molar-refractivity contribution in [2.24, 2.45) is 19.1 Å². The lowest BCUT2D eigenvalue weighted by molar-refractivity contribution is 0.324. The van der Waals surface area contributed by atoms with Crippen LogP contribution in [0.3, 0.4) is 0 Å². The maximum absolute atomic E-state index is 12.4. The van der Waals surface area contributed by atoms with Crippen molar-refractivity contribution in [3.63, 3.8) is 0 Å². The molecule has 1 heterocycles. The van der Waals surface area contributed by atoms with Gasteiger partial charge in [-0.25, -0.2) is 9.79 Å². The number of ether oxygens (including phenoxy) is 3. The van der Waals surface area contributed by atoms with Gasteiger partial charge in [-0.3, -0.25) is 13.9 Å². The van der Waals surface area contributed by atoms with Crippen LogP contribution in [-0.4, -0.2) is 60.5 Å². The van der Waals surface area contributed by atoms with Crippen LogP contribution in [-0.2, 0) is 14.1 Å². The van der Waals surface area contributed by atoms with Crippen LogP contribution < -0.4 is 30.8 Å². The maximum Gasteiger partial charge on any atom is 0.333 e. The van der Waals surface area contributed by atoms with Crippen molar-refractivity contribution in [2.75, 3.05) is 40.7 Å². The summed E-state index contributed by atoms with van der Waals surface area (Å²) in [5.41, 5.74) is -1.13. The molecule has 0 aliphatic rings. The van der Waals surface area contributed by atoms with Crippen molar-refractivity contribution in [1.82, 2.24) is 14.0 Å². The molecule has 0 saturated carbocycles. The van der Waals surface area contributed by atoms with E-state index in [4.69, 9.17) is 14.2 Å². The van der Waals surface area contributed by atoms with Gasteiger partial charge in [0.1, 0.15) is 0 Å². The Morgan fingerprint density at radius 2 is 1.59 bits per heavy atom. The Morgan fingerprint density at radius 1 is 1.03 bits per heavy atom. The first-order valence-electron chi connectivity index (χ1n) is 8.48. The van der Waals surface area contributed by atoms with Gasteiger partial charge in [0.2, 0.25) is 17.6 Å². The predicted octanol–water partition coefficient (Wildman–Crippen LogP) is 0.477. The number of anilines is 1. The van der Waals surface area contributed by atoms with Crippen LogP contribution in [0.5, 0.6) is 23.1 Å². The summed E-state index contributed by atoms with van der Waals surface area (Å²) in [6.45, 7) is 0. The number of benzene rings is 1. The molecule has 0 fully saturated rings. The van der Waals surface area contributed by atoms with Crippen molar-refractivity contribution in [2.45, 2.75) is 0 Å². The summed E-state index contributed by atoms with van der Waals surface area (Å²) < 4.78 is 17.8. The Labute approximate surface area is 167 Å². The Hall–Kier alpha value is -3.63. The van der Waals surface area contributed by atoms with Gasteiger partial charge in [0.25, 0.3) is 5.56 Å². The average Bonchev–Trinajstić information content (AvgIpc) is 2.71. The summed E-state index contributed by atoms with van der Waals surface area (Å²) in [6.07, 6.45) is 0. The van der Waals surface area contributed by atoms with E-state index in [0.29, 0.717) is 22.9 Å². The Balaban J connectivity index is 2.61. The number of nitrogens with zero attached hydrogens (tertiary/aromatic N) is 4. The standard InChI is InChI=1S/C18H25N5O6/c1-21(2)17(20-13-15(24)22(3)18(26)23(4)16(13)25)19-10-8-11(27-5)14(29-7)12(9-10)28-6/h8-9,24H,1-7H3,(H,19,20). The highest BCUT2D eigenvalue weighted by Crippen LogP contribution is 2.40. The quantitative estimate of drug-likeness (QED) is 0.542. The fraction of sp³-hybridized carbons (Fsp3) is 0.389. The number of hydrogen-bond donors (Lipinski definition) is 2. The second-order valence-corrected chi connectivity index (χ2v) is 6.25. The highest BCUT2D eigenvalue weighted by molar-refractivity contribution is 5.95. The summed E-state index contributed by atoms with van der Waals surface area (Å²) in [6, 6.07) is 3.33. The number of nitrogens with one attached hydrogen (secondary N) is 1. The van der Waals surface area contributed by atoms with Gasteiger partial charge in [-0.15, -0.1) is 0 Å². The van der Waals surface area contributed by atoms with Crippen molar-refractivity contribution in [1.29, 1.82) is 0 Å². The average molecular weight is 407 g/mol. The van der Waals surface area contributed by atoms with Gasteiger partial charge in [-0.05, 0) is 0 Å². The lowest BCUT2D eigenvalue weighted by Crippen LogP contribution is -2.37. The van der Waals surface area contributed by atoms with E-state index in [0.717, 1.165) is 9.13 Å². The van der Waals surface area contributed by atoms with E-state index < -0.39 is 17.1 Å². The highest BCUT2D eigenvalue weighted by Gasteiger charge is 2.18. The molecule has 0 radical (unpaired) electrons. The van der Waals surface area contributed by atoms with Crippen LogP contribution in [0, 0.1) is 0 Å². The lowest BCUT2D eigenvalue weighted by atomic mass is 10.2. The van der Waals surface area contributed by atoms with Crippen LogP contribution in [0.4, 0.5) is 11.4 Å². The molecule has 0 amide bonds. The van der Waals surface area contributed by atoms with E-state index >= 15 is 0 Å². The second-order valence-electron chi connectivity index (χ2n) is 6.25. The number of guanidine groups is 1. The molecule has 158 valence electrons. The summed E-state index contributed by atoms with van der Waals surface area (Å²) in [5, 5.41) is 13.3. The minimum atomic E-state index is -0.725. The van der Waals surface area contributed by atoms with Gasteiger partial charge in [0.05, 0.1) is 21.3 Å². The maximum atomic E-state index is 12.4. The van der Waals surface area contributed by atoms with E-state index in [-0.39, 0.29) is 11.6 Å². The van der Waals surface area contributed by atoms with Crippen LogP contribution in [0.15, 0.2) is 26.7 Å². The van der Waals surface area contributed by atoms with Crippen LogP contribution in [0.2, 0.25) is 0 Å². The third-order valence-corrected chi connectivity index (χ3v) is 4.17. The second kappa shape index (κ2) is 8.59. The van der Waals surface area contributed by atoms with Crippen molar-refractivity contribution >= 4 is 17.3 Å². The number of aromatic hydroxyl groups is 1. The predicted molar refractivity (Wildman–Crippen MR) is 109 cm³/mol. The Morgan fingerprint density at radius 3 is 2.03 bits per heavy atom. The summed E-state index contributed by atoms with van der Waals surface area (Å²) in [4.78, 5) is 30.2. The van der Waals surface area contributed by atoms with Gasteiger partial charge >= 0.3 is 5.69 Å². The third-order valence-electron chi connectivity index (χ3n) is 4.17. The lowest BCUT2D eigenvalue weighted by Gasteiger charge is -2.20. The smallest absolute Gasteiger partial charge is 0.333 e. The first kappa shape index (κ1) is 21.7. The molecule has 0 spiro atoms. The molecular weight excluding hydrogens is 382 g/mol. The SMILES string of the molecule is COc1cc(NC(=Nc2c(O)n(C)c(=O)n(C)c2=O)N(C)C)cc(OC)c1OC.